The highest BCUT2D eigenvalue weighted by Crippen LogP contribution is 2.42. The van der Waals surface area contributed by atoms with Crippen molar-refractivity contribution in [1.82, 2.24) is 0 Å². The highest BCUT2D eigenvalue weighted by molar-refractivity contribution is 7.91. The molecule has 0 aliphatic carbocycles. The number of rotatable bonds is 5. The second-order valence-electron chi connectivity index (χ2n) is 3.99. The van der Waals surface area contributed by atoms with E-state index in [9.17, 15) is 17.2 Å². The van der Waals surface area contributed by atoms with Gasteiger partial charge in [0.1, 0.15) is 0 Å². The number of fused-ring (bicyclic) bond motifs is 1. The Morgan fingerprint density at radius 2 is 1.95 bits per heavy atom. The summed E-state index contributed by atoms with van der Waals surface area (Å²) < 4.78 is 56.6. The van der Waals surface area contributed by atoms with Gasteiger partial charge in [-0.2, -0.15) is 0 Å². The van der Waals surface area contributed by atoms with Crippen LogP contribution in [-0.2, 0) is 9.84 Å². The molecule has 5 nitrogen and oxygen atoms in total. The molecule has 2 rings (SSSR count). The van der Waals surface area contributed by atoms with Crippen molar-refractivity contribution < 1.29 is 26.7 Å². The maximum absolute atomic E-state index is 12.8. The van der Waals surface area contributed by atoms with Gasteiger partial charge in [-0.15, -0.1) is 8.78 Å². The van der Waals surface area contributed by atoms with Crippen molar-refractivity contribution in [2.75, 3.05) is 23.4 Å². The minimum atomic E-state index is -3.65. The van der Waals surface area contributed by atoms with Crippen molar-refractivity contribution in [2.24, 2.45) is 0 Å². The van der Waals surface area contributed by atoms with E-state index in [4.69, 9.17) is 0 Å². The van der Waals surface area contributed by atoms with Crippen molar-refractivity contribution in [3.8, 4) is 11.5 Å². The molecule has 1 N–H and O–H groups in total. The van der Waals surface area contributed by atoms with Crippen molar-refractivity contribution >= 4 is 15.5 Å². The largest absolute Gasteiger partial charge is 0.586 e. The fourth-order valence-corrected chi connectivity index (χ4v) is 2.26. The zero-order valence-electron chi connectivity index (χ0n) is 10.2. The van der Waals surface area contributed by atoms with E-state index in [-0.39, 0.29) is 29.5 Å². The molecule has 0 bridgehead atoms. The summed E-state index contributed by atoms with van der Waals surface area (Å²) in [6, 6.07) is 4.20. The Morgan fingerprint density at radius 3 is 2.63 bits per heavy atom. The lowest BCUT2D eigenvalue weighted by Crippen LogP contribution is -2.25. The van der Waals surface area contributed by atoms with E-state index in [0.717, 1.165) is 0 Å². The Morgan fingerprint density at radius 1 is 1.26 bits per heavy atom. The van der Waals surface area contributed by atoms with Gasteiger partial charge in [-0.3, -0.25) is 0 Å². The van der Waals surface area contributed by atoms with Crippen LogP contribution < -0.4 is 14.8 Å². The van der Waals surface area contributed by atoms with Crippen molar-refractivity contribution in [1.29, 1.82) is 0 Å². The number of nitrogens with one attached hydrogen (secondary N) is 1. The molecule has 1 aliphatic heterocycles. The van der Waals surface area contributed by atoms with Gasteiger partial charge in [-0.05, 0) is 12.1 Å². The van der Waals surface area contributed by atoms with Crippen LogP contribution in [0.1, 0.15) is 6.92 Å². The zero-order valence-corrected chi connectivity index (χ0v) is 11.0. The molecule has 1 heterocycles. The molecule has 0 saturated heterocycles. The Labute approximate surface area is 109 Å². The Kier molecular flexibility index (Phi) is 3.53. The number of ether oxygens (including phenoxy) is 2. The van der Waals surface area contributed by atoms with Gasteiger partial charge >= 0.3 is 6.29 Å². The maximum atomic E-state index is 12.8. The fraction of sp³-hybridized carbons (Fsp3) is 0.455. The van der Waals surface area contributed by atoms with E-state index in [0.29, 0.717) is 5.69 Å². The summed E-state index contributed by atoms with van der Waals surface area (Å²) >= 11 is 0. The smallest absolute Gasteiger partial charge is 0.395 e. The number of alkyl halides is 2. The lowest BCUT2D eigenvalue weighted by atomic mass is 10.3. The predicted molar refractivity (Wildman–Crippen MR) is 65.5 cm³/mol. The van der Waals surface area contributed by atoms with E-state index < -0.39 is 16.1 Å². The molecule has 0 amide bonds. The first-order valence-electron chi connectivity index (χ1n) is 5.65. The molecule has 0 atom stereocenters. The molecule has 19 heavy (non-hydrogen) atoms. The van der Waals surface area contributed by atoms with Crippen LogP contribution in [-0.4, -0.2) is 32.8 Å². The summed E-state index contributed by atoms with van der Waals surface area (Å²) in [4.78, 5) is 0. The molecule has 0 unspecified atom stereocenters. The van der Waals surface area contributed by atoms with Crippen molar-refractivity contribution in [3.05, 3.63) is 18.2 Å². The molecule has 0 saturated carbocycles. The number of halogens is 2. The van der Waals surface area contributed by atoms with E-state index in [1.165, 1.54) is 18.2 Å². The van der Waals surface area contributed by atoms with Gasteiger partial charge in [0.25, 0.3) is 0 Å². The van der Waals surface area contributed by atoms with Crippen LogP contribution in [0.25, 0.3) is 0 Å². The Balaban J connectivity index is 1.97. The van der Waals surface area contributed by atoms with Crippen molar-refractivity contribution in [2.45, 2.75) is 13.2 Å². The van der Waals surface area contributed by atoms with E-state index >= 15 is 0 Å². The van der Waals surface area contributed by atoms with Crippen LogP contribution in [0.15, 0.2) is 18.2 Å². The molecule has 8 heteroatoms. The zero-order chi connectivity index (χ0) is 14.1. The average molecular weight is 293 g/mol. The summed E-state index contributed by atoms with van der Waals surface area (Å²) in [6.07, 6.45) is -3.65. The molecule has 106 valence electrons. The standard InChI is InChI=1S/C11H13F2NO4S/c1-2-19(15,16)6-5-14-8-3-4-9-10(7-8)18-11(12,13)17-9/h3-4,7,14H,2,5-6H2,1H3. The Hall–Kier alpha value is -1.57. The van der Waals surface area contributed by atoms with Gasteiger partial charge in [-0.25, -0.2) is 8.42 Å². The topological polar surface area (TPSA) is 64.6 Å². The molecular weight excluding hydrogens is 280 g/mol. The van der Waals surface area contributed by atoms with Gasteiger partial charge in [0.2, 0.25) is 0 Å². The summed E-state index contributed by atoms with van der Waals surface area (Å²) in [5, 5.41) is 2.83. The molecule has 0 aromatic heterocycles. The predicted octanol–water partition coefficient (Wildman–Crippen LogP) is 1.85. The highest BCUT2D eigenvalue weighted by atomic mass is 32.2. The Bertz CT molecular complexity index is 574. The number of hydrogen-bond acceptors (Lipinski definition) is 5. The fourth-order valence-electron chi connectivity index (χ4n) is 1.55. The van der Waals surface area contributed by atoms with Gasteiger partial charge in [0, 0.05) is 24.1 Å². The summed E-state index contributed by atoms with van der Waals surface area (Å²) in [5.41, 5.74) is 0.492. The second-order valence-corrected chi connectivity index (χ2v) is 6.46. The van der Waals surface area contributed by atoms with Crippen LogP contribution in [0, 0.1) is 0 Å². The van der Waals surface area contributed by atoms with Gasteiger partial charge in [0.15, 0.2) is 21.3 Å². The number of anilines is 1. The molecule has 1 aliphatic rings. The minimum Gasteiger partial charge on any atom is -0.395 e. The summed E-state index contributed by atoms with van der Waals surface area (Å²) in [5.74, 6) is -0.0686. The third kappa shape index (κ3) is 3.46. The molecule has 0 radical (unpaired) electrons. The first-order valence-corrected chi connectivity index (χ1v) is 7.48. The van der Waals surface area contributed by atoms with Crippen LogP contribution in [0.5, 0.6) is 11.5 Å². The van der Waals surface area contributed by atoms with Crippen molar-refractivity contribution in [3.63, 3.8) is 0 Å². The first-order chi connectivity index (χ1) is 8.81. The van der Waals surface area contributed by atoms with Crippen LogP contribution >= 0.6 is 0 Å². The minimum absolute atomic E-state index is 0.0197. The molecule has 0 fully saturated rings. The maximum Gasteiger partial charge on any atom is 0.586 e. The van der Waals surface area contributed by atoms with Gasteiger partial charge in [0.05, 0.1) is 5.75 Å². The van der Waals surface area contributed by atoms with E-state index in [1.807, 2.05) is 0 Å². The summed E-state index contributed by atoms with van der Waals surface area (Å²) in [7, 11) is -3.06. The monoisotopic (exact) mass is 293 g/mol. The lowest BCUT2D eigenvalue weighted by Gasteiger charge is -2.07. The number of hydrogen-bond donors (Lipinski definition) is 1. The van der Waals surface area contributed by atoms with Crippen LogP contribution in [0.4, 0.5) is 14.5 Å². The SMILES string of the molecule is CCS(=O)(=O)CCNc1ccc2c(c1)OC(F)(F)O2. The summed E-state index contributed by atoms with van der Waals surface area (Å²) in [6.45, 7) is 1.77. The molecule has 0 spiro atoms. The quantitative estimate of drug-likeness (QED) is 0.897. The van der Waals surface area contributed by atoms with Crippen LogP contribution in [0.3, 0.4) is 0 Å². The number of benzene rings is 1. The van der Waals surface area contributed by atoms with Crippen LogP contribution in [0.2, 0.25) is 0 Å². The normalized spacial score (nSPS) is 16.4. The van der Waals surface area contributed by atoms with Gasteiger partial charge < -0.3 is 14.8 Å². The molecule has 1 aromatic carbocycles. The van der Waals surface area contributed by atoms with Gasteiger partial charge in [-0.1, -0.05) is 6.92 Å². The first kappa shape index (κ1) is 13.9. The highest BCUT2D eigenvalue weighted by Gasteiger charge is 2.43. The third-order valence-corrected chi connectivity index (χ3v) is 4.29. The van der Waals surface area contributed by atoms with E-state index in [1.54, 1.807) is 6.92 Å². The molecular formula is C11H13F2NO4S. The molecule has 1 aromatic rings. The second kappa shape index (κ2) is 4.84. The third-order valence-electron chi connectivity index (χ3n) is 2.58. The number of sulfone groups is 1. The lowest BCUT2D eigenvalue weighted by molar-refractivity contribution is -0.286. The average Bonchev–Trinajstić information content (AvgIpc) is 2.62. The van der Waals surface area contributed by atoms with E-state index in [2.05, 4.69) is 14.8 Å².